The molecule has 0 aliphatic heterocycles. The lowest BCUT2D eigenvalue weighted by Gasteiger charge is -2.16. The Balaban J connectivity index is 1.90. The molecule has 0 saturated carbocycles. The fourth-order valence-corrected chi connectivity index (χ4v) is 2.89. The molecule has 1 atom stereocenters. The number of hydrogen-bond acceptors (Lipinski definition) is 3. The second-order valence-corrected chi connectivity index (χ2v) is 6.45. The molecule has 0 aliphatic rings. The highest BCUT2D eigenvalue weighted by molar-refractivity contribution is 5.90. The maximum Gasteiger partial charge on any atom is 0.319 e. The molecule has 2 rings (SSSR count). The standard InChI is InChI=1S/C22H30N2O3/c1-5-16(3)18-9-7-8-10-19(18)24-22(25)23-14-13-17-11-12-20(27-6-2)21(15-17)26-4/h7-12,15-16H,5-6,13-14H2,1-4H3,(H2,23,24,25). The molecule has 0 bridgehead atoms. The van der Waals surface area contributed by atoms with Gasteiger partial charge in [0.05, 0.1) is 13.7 Å². The van der Waals surface area contributed by atoms with E-state index >= 15 is 0 Å². The second-order valence-electron chi connectivity index (χ2n) is 6.45. The smallest absolute Gasteiger partial charge is 0.319 e. The van der Waals surface area contributed by atoms with Gasteiger partial charge in [0, 0.05) is 12.2 Å². The van der Waals surface area contributed by atoms with E-state index in [2.05, 4.69) is 30.5 Å². The summed E-state index contributed by atoms with van der Waals surface area (Å²) < 4.78 is 10.9. The summed E-state index contributed by atoms with van der Waals surface area (Å²) in [6.07, 6.45) is 1.74. The van der Waals surface area contributed by atoms with Crippen LogP contribution in [0, 0.1) is 0 Å². The largest absolute Gasteiger partial charge is 0.493 e. The normalized spacial score (nSPS) is 11.6. The van der Waals surface area contributed by atoms with E-state index in [1.54, 1.807) is 7.11 Å². The van der Waals surface area contributed by atoms with Crippen molar-refractivity contribution < 1.29 is 14.3 Å². The number of carbonyl (C=O) groups is 1. The van der Waals surface area contributed by atoms with Crippen LogP contribution >= 0.6 is 0 Å². The van der Waals surface area contributed by atoms with Gasteiger partial charge in [-0.2, -0.15) is 0 Å². The summed E-state index contributed by atoms with van der Waals surface area (Å²) in [4.78, 5) is 12.3. The first-order valence-corrected chi connectivity index (χ1v) is 9.52. The number of benzene rings is 2. The number of nitrogens with one attached hydrogen (secondary N) is 2. The van der Waals surface area contributed by atoms with Crippen LogP contribution in [0.3, 0.4) is 0 Å². The molecular formula is C22H30N2O3. The predicted octanol–water partition coefficient (Wildman–Crippen LogP) is 4.97. The molecule has 0 aromatic heterocycles. The van der Waals surface area contributed by atoms with Crippen LogP contribution in [0.25, 0.3) is 0 Å². The lowest BCUT2D eigenvalue weighted by atomic mass is 9.97. The van der Waals surface area contributed by atoms with Crippen LogP contribution in [0.4, 0.5) is 10.5 Å². The lowest BCUT2D eigenvalue weighted by molar-refractivity contribution is 0.252. The van der Waals surface area contributed by atoms with E-state index in [1.165, 1.54) is 0 Å². The van der Waals surface area contributed by atoms with Crippen LogP contribution in [-0.4, -0.2) is 26.3 Å². The van der Waals surface area contributed by atoms with E-state index in [0.29, 0.717) is 31.2 Å². The number of anilines is 1. The zero-order valence-corrected chi connectivity index (χ0v) is 16.7. The van der Waals surface area contributed by atoms with E-state index in [4.69, 9.17) is 9.47 Å². The van der Waals surface area contributed by atoms with Crippen molar-refractivity contribution >= 4 is 11.7 Å². The topological polar surface area (TPSA) is 59.6 Å². The van der Waals surface area contributed by atoms with Crippen molar-refractivity contribution in [1.82, 2.24) is 5.32 Å². The Kier molecular flexibility index (Phi) is 7.99. The molecule has 0 aliphatic carbocycles. The lowest BCUT2D eigenvalue weighted by Crippen LogP contribution is -2.30. The minimum absolute atomic E-state index is 0.191. The molecule has 5 heteroatoms. The van der Waals surface area contributed by atoms with Gasteiger partial charge >= 0.3 is 6.03 Å². The maximum absolute atomic E-state index is 12.3. The summed E-state index contributed by atoms with van der Waals surface area (Å²) in [7, 11) is 1.63. The highest BCUT2D eigenvalue weighted by atomic mass is 16.5. The highest BCUT2D eigenvalue weighted by Gasteiger charge is 2.11. The van der Waals surface area contributed by atoms with Gasteiger partial charge in [0.2, 0.25) is 0 Å². The summed E-state index contributed by atoms with van der Waals surface area (Å²) in [5.41, 5.74) is 3.11. The molecule has 0 fully saturated rings. The minimum atomic E-state index is -0.191. The molecule has 146 valence electrons. The summed E-state index contributed by atoms with van der Waals surface area (Å²) in [6, 6.07) is 13.6. The third-order valence-electron chi connectivity index (χ3n) is 4.58. The molecule has 2 aromatic carbocycles. The van der Waals surface area contributed by atoms with Crippen LogP contribution in [0.5, 0.6) is 11.5 Å². The minimum Gasteiger partial charge on any atom is -0.493 e. The number of rotatable bonds is 9. The Hall–Kier alpha value is -2.69. The quantitative estimate of drug-likeness (QED) is 0.655. The van der Waals surface area contributed by atoms with Gasteiger partial charge in [0.1, 0.15) is 0 Å². The molecule has 0 saturated heterocycles. The zero-order chi connectivity index (χ0) is 19.6. The summed E-state index contributed by atoms with van der Waals surface area (Å²) in [5, 5.41) is 5.88. The van der Waals surface area contributed by atoms with E-state index < -0.39 is 0 Å². The number of amides is 2. The summed E-state index contributed by atoms with van der Waals surface area (Å²) in [5.74, 6) is 1.84. The van der Waals surface area contributed by atoms with Gasteiger partial charge in [-0.25, -0.2) is 4.79 Å². The molecule has 2 N–H and O–H groups in total. The van der Waals surface area contributed by atoms with Gasteiger partial charge in [-0.15, -0.1) is 0 Å². The van der Waals surface area contributed by atoms with E-state index in [1.807, 2.05) is 43.3 Å². The van der Waals surface area contributed by atoms with Crippen molar-refractivity contribution in [3.05, 3.63) is 53.6 Å². The van der Waals surface area contributed by atoms with Crippen molar-refractivity contribution in [2.24, 2.45) is 0 Å². The fraction of sp³-hybridized carbons (Fsp3) is 0.409. The average molecular weight is 370 g/mol. The highest BCUT2D eigenvalue weighted by Crippen LogP contribution is 2.28. The number of hydrogen-bond donors (Lipinski definition) is 2. The third-order valence-corrected chi connectivity index (χ3v) is 4.58. The first kappa shape index (κ1) is 20.6. The van der Waals surface area contributed by atoms with Gasteiger partial charge in [0.15, 0.2) is 11.5 Å². The first-order chi connectivity index (χ1) is 13.1. The van der Waals surface area contributed by atoms with Crippen LogP contribution in [0.1, 0.15) is 44.2 Å². The van der Waals surface area contributed by atoms with Crippen LogP contribution < -0.4 is 20.1 Å². The monoisotopic (exact) mass is 370 g/mol. The second kappa shape index (κ2) is 10.5. The molecular weight excluding hydrogens is 340 g/mol. The number of urea groups is 1. The fourth-order valence-electron chi connectivity index (χ4n) is 2.89. The molecule has 0 spiro atoms. The van der Waals surface area contributed by atoms with E-state index in [9.17, 15) is 4.79 Å². The van der Waals surface area contributed by atoms with E-state index in [-0.39, 0.29) is 6.03 Å². The van der Waals surface area contributed by atoms with Gasteiger partial charge in [-0.1, -0.05) is 38.1 Å². The molecule has 0 radical (unpaired) electrons. The van der Waals surface area contributed by atoms with Crippen LogP contribution in [0.2, 0.25) is 0 Å². The Labute approximate surface area is 162 Å². The predicted molar refractivity (Wildman–Crippen MR) is 110 cm³/mol. The van der Waals surface area contributed by atoms with Gasteiger partial charge in [-0.05, 0) is 55.0 Å². The number of para-hydroxylation sites is 1. The van der Waals surface area contributed by atoms with Crippen molar-refractivity contribution in [3.63, 3.8) is 0 Å². The molecule has 5 nitrogen and oxygen atoms in total. The molecule has 2 amide bonds. The van der Waals surface area contributed by atoms with Crippen molar-refractivity contribution in [2.45, 2.75) is 39.5 Å². The molecule has 27 heavy (non-hydrogen) atoms. The van der Waals surface area contributed by atoms with Crippen molar-refractivity contribution in [1.29, 1.82) is 0 Å². The van der Waals surface area contributed by atoms with Crippen LogP contribution in [0.15, 0.2) is 42.5 Å². The molecule has 0 heterocycles. The van der Waals surface area contributed by atoms with Gasteiger partial charge < -0.3 is 20.1 Å². The third kappa shape index (κ3) is 5.91. The number of methoxy groups -OCH3 is 1. The summed E-state index contributed by atoms with van der Waals surface area (Å²) in [6.45, 7) is 7.38. The number of carbonyl (C=O) groups excluding carboxylic acids is 1. The van der Waals surface area contributed by atoms with Crippen LogP contribution in [-0.2, 0) is 6.42 Å². The van der Waals surface area contributed by atoms with E-state index in [0.717, 1.165) is 29.0 Å². The molecule has 1 unspecified atom stereocenters. The first-order valence-electron chi connectivity index (χ1n) is 9.52. The van der Waals surface area contributed by atoms with Crippen molar-refractivity contribution in [2.75, 3.05) is 25.6 Å². The number of ether oxygens (including phenoxy) is 2. The Bertz CT molecular complexity index is 746. The SMILES string of the molecule is CCOc1ccc(CCNC(=O)Nc2ccccc2C(C)CC)cc1OC. The Morgan fingerprint density at radius 2 is 1.89 bits per heavy atom. The van der Waals surface area contributed by atoms with Crippen molar-refractivity contribution in [3.8, 4) is 11.5 Å². The summed E-state index contributed by atoms with van der Waals surface area (Å²) >= 11 is 0. The zero-order valence-electron chi connectivity index (χ0n) is 16.7. The average Bonchev–Trinajstić information content (AvgIpc) is 2.69. The molecule has 2 aromatic rings. The van der Waals surface area contributed by atoms with Gasteiger partial charge in [0.25, 0.3) is 0 Å². The maximum atomic E-state index is 12.3. The Morgan fingerprint density at radius 3 is 2.59 bits per heavy atom. The Morgan fingerprint density at radius 1 is 1.11 bits per heavy atom. The van der Waals surface area contributed by atoms with Gasteiger partial charge in [-0.3, -0.25) is 0 Å².